The molecule has 2 aliphatic rings. The highest BCUT2D eigenvalue weighted by Crippen LogP contribution is 2.37. The van der Waals surface area contributed by atoms with Gasteiger partial charge < -0.3 is 20.1 Å². The van der Waals surface area contributed by atoms with Crippen molar-refractivity contribution in [1.29, 1.82) is 0 Å². The van der Waals surface area contributed by atoms with E-state index in [9.17, 15) is 0 Å². The fourth-order valence-electron chi connectivity index (χ4n) is 3.51. The van der Waals surface area contributed by atoms with Crippen LogP contribution in [-0.4, -0.2) is 25.9 Å². The van der Waals surface area contributed by atoms with Gasteiger partial charge in [-0.25, -0.2) is 0 Å². The van der Waals surface area contributed by atoms with E-state index in [1.807, 2.05) is 6.07 Å². The van der Waals surface area contributed by atoms with Gasteiger partial charge in [0.15, 0.2) is 11.5 Å². The van der Waals surface area contributed by atoms with E-state index >= 15 is 0 Å². The van der Waals surface area contributed by atoms with E-state index in [1.165, 1.54) is 11.1 Å². The molecular weight excluding hydrogens is 288 g/mol. The zero-order valence-corrected chi connectivity index (χ0v) is 13.4. The van der Waals surface area contributed by atoms with Crippen molar-refractivity contribution in [2.75, 3.05) is 24.8 Å². The molecule has 2 unspecified atom stereocenters. The third kappa shape index (κ3) is 2.86. The first-order valence-electron chi connectivity index (χ1n) is 8.16. The van der Waals surface area contributed by atoms with Crippen LogP contribution in [0.15, 0.2) is 42.5 Å². The van der Waals surface area contributed by atoms with Gasteiger partial charge in [0.1, 0.15) is 0 Å². The molecule has 0 aliphatic carbocycles. The zero-order valence-electron chi connectivity index (χ0n) is 13.4. The molecule has 0 amide bonds. The van der Waals surface area contributed by atoms with Crippen LogP contribution in [0.5, 0.6) is 11.5 Å². The lowest BCUT2D eigenvalue weighted by Crippen LogP contribution is -2.46. The molecule has 0 radical (unpaired) electrons. The Balaban J connectivity index is 1.58. The normalized spacial score (nSPS) is 23.1. The minimum Gasteiger partial charge on any atom is -0.454 e. The van der Waals surface area contributed by atoms with Crippen molar-refractivity contribution >= 4 is 5.69 Å². The van der Waals surface area contributed by atoms with Gasteiger partial charge in [-0.2, -0.15) is 0 Å². The van der Waals surface area contributed by atoms with Crippen LogP contribution in [-0.2, 0) is 0 Å². The maximum atomic E-state index is 6.34. The molecule has 4 nitrogen and oxygen atoms in total. The van der Waals surface area contributed by atoms with E-state index in [0.29, 0.717) is 12.7 Å². The number of nitrogens with zero attached hydrogens (tertiary/aromatic N) is 1. The minimum absolute atomic E-state index is 0.181. The van der Waals surface area contributed by atoms with Crippen LogP contribution >= 0.6 is 0 Å². The predicted octanol–water partition coefficient (Wildman–Crippen LogP) is 3.04. The fraction of sp³-hybridized carbons (Fsp3) is 0.368. The summed E-state index contributed by atoms with van der Waals surface area (Å²) in [7, 11) is 0. The summed E-state index contributed by atoms with van der Waals surface area (Å²) in [5.41, 5.74) is 10.2. The summed E-state index contributed by atoms with van der Waals surface area (Å²) in [6.45, 7) is 4.29. The number of ether oxygens (including phenoxy) is 2. The molecule has 23 heavy (non-hydrogen) atoms. The molecule has 1 fully saturated rings. The van der Waals surface area contributed by atoms with E-state index in [4.69, 9.17) is 15.2 Å². The summed E-state index contributed by atoms with van der Waals surface area (Å²) in [4.78, 5) is 2.36. The van der Waals surface area contributed by atoms with Gasteiger partial charge in [-0.1, -0.05) is 29.8 Å². The minimum atomic E-state index is 0.181. The quantitative estimate of drug-likeness (QED) is 0.926. The summed E-state index contributed by atoms with van der Waals surface area (Å²) in [5.74, 6) is 2.11. The lowest BCUT2D eigenvalue weighted by Gasteiger charge is -2.38. The summed E-state index contributed by atoms with van der Waals surface area (Å²) in [6, 6.07) is 15.1. The summed E-state index contributed by atoms with van der Waals surface area (Å²) < 4.78 is 10.9. The van der Waals surface area contributed by atoms with E-state index in [1.54, 1.807) is 0 Å². The average molecular weight is 310 g/mol. The van der Waals surface area contributed by atoms with Crippen LogP contribution in [0.3, 0.4) is 0 Å². The number of hydrogen-bond donors (Lipinski definition) is 1. The second-order valence-corrected chi connectivity index (χ2v) is 6.55. The maximum absolute atomic E-state index is 6.34. The van der Waals surface area contributed by atoms with Crippen LogP contribution in [0.1, 0.15) is 23.5 Å². The highest BCUT2D eigenvalue weighted by molar-refractivity contribution is 5.58. The van der Waals surface area contributed by atoms with Crippen LogP contribution in [0.25, 0.3) is 0 Å². The molecule has 4 rings (SSSR count). The van der Waals surface area contributed by atoms with Crippen molar-refractivity contribution in [2.45, 2.75) is 25.3 Å². The smallest absolute Gasteiger partial charge is 0.231 e. The number of piperidine rings is 1. The first-order valence-corrected chi connectivity index (χ1v) is 8.16. The van der Waals surface area contributed by atoms with Crippen molar-refractivity contribution in [1.82, 2.24) is 0 Å². The molecule has 2 aromatic carbocycles. The van der Waals surface area contributed by atoms with Gasteiger partial charge in [0, 0.05) is 36.8 Å². The van der Waals surface area contributed by atoms with Crippen LogP contribution in [0, 0.1) is 6.92 Å². The Morgan fingerprint density at radius 3 is 2.61 bits per heavy atom. The van der Waals surface area contributed by atoms with E-state index in [-0.39, 0.29) is 6.04 Å². The Kier molecular flexibility index (Phi) is 3.62. The molecule has 2 heterocycles. The first kappa shape index (κ1) is 14.4. The van der Waals surface area contributed by atoms with Crippen LogP contribution in [0.2, 0.25) is 0 Å². The van der Waals surface area contributed by atoms with Gasteiger partial charge in [0.25, 0.3) is 0 Å². The van der Waals surface area contributed by atoms with Crippen molar-refractivity contribution < 1.29 is 9.47 Å². The molecule has 0 aromatic heterocycles. The van der Waals surface area contributed by atoms with Gasteiger partial charge in [-0.3, -0.25) is 0 Å². The van der Waals surface area contributed by atoms with Gasteiger partial charge in [-0.05, 0) is 31.0 Å². The number of hydrogen-bond acceptors (Lipinski definition) is 4. The Morgan fingerprint density at radius 1 is 1.00 bits per heavy atom. The third-order valence-electron chi connectivity index (χ3n) is 4.75. The highest BCUT2D eigenvalue weighted by atomic mass is 16.7. The monoisotopic (exact) mass is 310 g/mol. The number of rotatable bonds is 2. The van der Waals surface area contributed by atoms with Gasteiger partial charge in [-0.15, -0.1) is 0 Å². The average Bonchev–Trinajstić information content (AvgIpc) is 3.02. The Morgan fingerprint density at radius 2 is 1.78 bits per heavy atom. The molecular formula is C19H22N2O2. The van der Waals surface area contributed by atoms with Crippen molar-refractivity contribution in [3.05, 3.63) is 53.6 Å². The van der Waals surface area contributed by atoms with E-state index in [2.05, 4.69) is 48.2 Å². The summed E-state index contributed by atoms with van der Waals surface area (Å²) >= 11 is 0. The molecule has 4 heteroatoms. The Bertz CT molecular complexity index is 699. The number of anilines is 1. The molecule has 2 aliphatic heterocycles. The van der Waals surface area contributed by atoms with Crippen molar-refractivity contribution in [2.24, 2.45) is 5.73 Å². The Hall–Kier alpha value is -2.20. The maximum Gasteiger partial charge on any atom is 0.231 e. The van der Waals surface area contributed by atoms with E-state index in [0.717, 1.165) is 36.7 Å². The predicted molar refractivity (Wildman–Crippen MR) is 91.3 cm³/mol. The number of fused-ring (bicyclic) bond motifs is 1. The van der Waals surface area contributed by atoms with Crippen LogP contribution in [0.4, 0.5) is 5.69 Å². The van der Waals surface area contributed by atoms with Gasteiger partial charge >= 0.3 is 0 Å². The molecule has 1 saturated heterocycles. The molecule has 0 saturated carbocycles. The zero-order chi connectivity index (χ0) is 15.8. The van der Waals surface area contributed by atoms with Gasteiger partial charge in [0.05, 0.1) is 0 Å². The molecule has 2 atom stereocenters. The lowest BCUT2D eigenvalue weighted by molar-refractivity contribution is 0.174. The second-order valence-electron chi connectivity index (χ2n) is 6.55. The lowest BCUT2D eigenvalue weighted by atomic mass is 9.87. The fourth-order valence-corrected chi connectivity index (χ4v) is 3.51. The van der Waals surface area contributed by atoms with Crippen molar-refractivity contribution in [3.8, 4) is 11.5 Å². The Labute approximate surface area is 136 Å². The molecule has 0 spiro atoms. The molecule has 2 N–H and O–H groups in total. The van der Waals surface area contributed by atoms with E-state index < -0.39 is 0 Å². The topological polar surface area (TPSA) is 47.7 Å². The van der Waals surface area contributed by atoms with Gasteiger partial charge in [0.2, 0.25) is 6.79 Å². The largest absolute Gasteiger partial charge is 0.454 e. The van der Waals surface area contributed by atoms with Crippen LogP contribution < -0.4 is 20.1 Å². The number of aryl methyl sites for hydroxylation is 1. The summed E-state index contributed by atoms with van der Waals surface area (Å²) in [5, 5.41) is 0. The highest BCUT2D eigenvalue weighted by Gasteiger charge is 2.27. The molecule has 120 valence electrons. The number of benzene rings is 2. The summed E-state index contributed by atoms with van der Waals surface area (Å²) in [6.07, 6.45) is 1.03. The third-order valence-corrected chi connectivity index (χ3v) is 4.75. The number of nitrogens with two attached hydrogens (primary N) is 1. The first-order chi connectivity index (χ1) is 11.2. The van der Waals surface area contributed by atoms with Crippen molar-refractivity contribution in [3.63, 3.8) is 0 Å². The molecule has 2 aromatic rings. The standard InChI is InChI=1S/C19H22N2O2/c1-13-2-4-14(5-3-13)15-8-16(20)11-21(10-15)17-6-7-18-19(9-17)23-12-22-18/h2-7,9,15-16H,8,10-12,20H2,1H3. The molecule has 0 bridgehead atoms. The second kappa shape index (κ2) is 5.78. The SMILES string of the molecule is Cc1ccc(C2CC(N)CN(c3ccc4c(c3)OCO4)C2)cc1.